The van der Waals surface area contributed by atoms with E-state index >= 15 is 0 Å². The molecule has 0 aromatic heterocycles. The number of ether oxygens (including phenoxy) is 2. The highest BCUT2D eigenvalue weighted by Gasteiger charge is 2.28. The fraction of sp³-hybridized carbons (Fsp3) is 0.619. The number of carbonyl (C=O) groups is 1. The lowest BCUT2D eigenvalue weighted by molar-refractivity contribution is -0.146. The quantitative estimate of drug-likeness (QED) is 0.535. The van der Waals surface area contributed by atoms with Gasteiger partial charge in [-0.05, 0) is 62.5 Å². The number of aliphatic imine (C=N–C) groups is 1. The van der Waals surface area contributed by atoms with E-state index in [4.69, 9.17) is 14.5 Å². The monoisotopic (exact) mass is 343 g/mol. The highest BCUT2D eigenvalue weighted by molar-refractivity contribution is 5.86. The summed E-state index contributed by atoms with van der Waals surface area (Å²) in [6, 6.07) is 0.461. The Hall–Kier alpha value is -1.84. The van der Waals surface area contributed by atoms with Gasteiger partial charge >= 0.3 is 5.97 Å². The van der Waals surface area contributed by atoms with Gasteiger partial charge in [-0.3, -0.25) is 9.79 Å². The SMILES string of the molecule is CCC(C(=O)OC)C1C=CC(OCC2=NC3CC=CCC3CC2)=CC1. The van der Waals surface area contributed by atoms with Crippen LogP contribution in [0, 0.1) is 17.8 Å². The summed E-state index contributed by atoms with van der Waals surface area (Å²) in [4.78, 5) is 16.7. The average Bonchev–Trinajstić information content (AvgIpc) is 2.67. The first-order valence-electron chi connectivity index (χ1n) is 9.50. The largest absolute Gasteiger partial charge is 0.488 e. The van der Waals surface area contributed by atoms with Gasteiger partial charge in [0.1, 0.15) is 12.4 Å². The summed E-state index contributed by atoms with van der Waals surface area (Å²) in [5.74, 6) is 1.63. The molecule has 0 amide bonds. The minimum Gasteiger partial charge on any atom is -0.488 e. The highest BCUT2D eigenvalue weighted by Crippen LogP contribution is 2.31. The third kappa shape index (κ3) is 4.42. The second kappa shape index (κ2) is 8.50. The third-order valence-electron chi connectivity index (χ3n) is 5.64. The standard InChI is InChI=1S/C21H29NO3/c1-3-19(21(23)24-2)15-9-12-18(13-10-15)25-14-17-11-8-16-6-4-5-7-20(16)22-17/h4-5,9,12-13,15-16,19-20H,3,6-8,10-11,14H2,1-2H3. The van der Waals surface area contributed by atoms with E-state index in [1.807, 2.05) is 13.0 Å². The molecule has 0 aromatic rings. The van der Waals surface area contributed by atoms with Gasteiger partial charge in [0.25, 0.3) is 0 Å². The zero-order valence-corrected chi connectivity index (χ0v) is 15.3. The molecule has 1 aliphatic heterocycles. The Balaban J connectivity index is 1.50. The van der Waals surface area contributed by atoms with Crippen LogP contribution in [0.15, 0.2) is 41.1 Å². The first kappa shape index (κ1) is 18.0. The molecule has 0 fully saturated rings. The molecule has 0 radical (unpaired) electrons. The van der Waals surface area contributed by atoms with Crippen LogP contribution in [0.5, 0.6) is 0 Å². The fourth-order valence-electron chi connectivity index (χ4n) is 4.07. The number of allylic oxidation sites excluding steroid dienone is 4. The summed E-state index contributed by atoms with van der Waals surface area (Å²) in [7, 11) is 1.46. The van der Waals surface area contributed by atoms with Gasteiger partial charge in [-0.25, -0.2) is 0 Å². The van der Waals surface area contributed by atoms with Crippen LogP contribution in [0.4, 0.5) is 0 Å². The van der Waals surface area contributed by atoms with Crippen molar-refractivity contribution < 1.29 is 14.3 Å². The molecule has 0 saturated heterocycles. The molecule has 0 saturated carbocycles. The second-order valence-electron chi connectivity index (χ2n) is 7.20. The van der Waals surface area contributed by atoms with E-state index in [9.17, 15) is 4.79 Å². The molecule has 25 heavy (non-hydrogen) atoms. The van der Waals surface area contributed by atoms with Crippen molar-refractivity contribution in [1.29, 1.82) is 0 Å². The Kier molecular flexibility index (Phi) is 6.11. The van der Waals surface area contributed by atoms with E-state index in [-0.39, 0.29) is 17.8 Å². The summed E-state index contributed by atoms with van der Waals surface area (Å²) >= 11 is 0. The van der Waals surface area contributed by atoms with Crippen molar-refractivity contribution in [1.82, 2.24) is 0 Å². The molecule has 3 rings (SSSR count). The van der Waals surface area contributed by atoms with E-state index in [0.29, 0.717) is 12.6 Å². The number of carbonyl (C=O) groups excluding carboxylic acids is 1. The van der Waals surface area contributed by atoms with Gasteiger partial charge in [-0.2, -0.15) is 0 Å². The first-order chi connectivity index (χ1) is 12.2. The summed E-state index contributed by atoms with van der Waals surface area (Å²) in [6.07, 6.45) is 16.9. The smallest absolute Gasteiger partial charge is 0.309 e. The number of rotatable bonds is 6. The van der Waals surface area contributed by atoms with Gasteiger partial charge in [-0.15, -0.1) is 0 Å². The molecule has 136 valence electrons. The molecule has 3 aliphatic rings. The molecule has 4 unspecified atom stereocenters. The number of hydrogen-bond acceptors (Lipinski definition) is 4. The van der Waals surface area contributed by atoms with Crippen molar-refractivity contribution >= 4 is 11.7 Å². The molecule has 0 aromatic carbocycles. The Bertz CT molecular complexity index is 602. The lowest BCUT2D eigenvalue weighted by atomic mass is 9.83. The molecule has 4 heteroatoms. The van der Waals surface area contributed by atoms with E-state index < -0.39 is 0 Å². The Morgan fingerprint density at radius 2 is 2.16 bits per heavy atom. The molecule has 0 N–H and O–H groups in total. The molecule has 0 spiro atoms. The van der Waals surface area contributed by atoms with Crippen molar-refractivity contribution in [3.63, 3.8) is 0 Å². The number of fused-ring (bicyclic) bond motifs is 1. The van der Waals surface area contributed by atoms with Crippen LogP contribution in [0.1, 0.15) is 45.4 Å². The van der Waals surface area contributed by atoms with Gasteiger partial charge < -0.3 is 9.47 Å². The normalized spacial score (nSPS) is 29.3. The topological polar surface area (TPSA) is 47.9 Å². The molecule has 1 heterocycles. The first-order valence-corrected chi connectivity index (χ1v) is 9.50. The van der Waals surface area contributed by atoms with Crippen LogP contribution < -0.4 is 0 Å². The average molecular weight is 343 g/mol. The summed E-state index contributed by atoms with van der Waals surface area (Å²) in [6.45, 7) is 2.61. The van der Waals surface area contributed by atoms with Crippen LogP contribution in [-0.2, 0) is 14.3 Å². The minimum absolute atomic E-state index is 0.0712. The van der Waals surface area contributed by atoms with Gasteiger partial charge in [0.05, 0.1) is 24.8 Å². The maximum atomic E-state index is 11.8. The predicted octanol–water partition coefficient (Wildman–Crippen LogP) is 4.23. The number of hydrogen-bond donors (Lipinski definition) is 0. The van der Waals surface area contributed by atoms with Crippen LogP contribution in [0.25, 0.3) is 0 Å². The predicted molar refractivity (Wildman–Crippen MR) is 99.4 cm³/mol. The lowest BCUT2D eigenvalue weighted by Crippen LogP contribution is -2.29. The van der Waals surface area contributed by atoms with Crippen LogP contribution in [0.3, 0.4) is 0 Å². The number of methoxy groups -OCH3 is 1. The van der Waals surface area contributed by atoms with E-state index in [0.717, 1.165) is 37.4 Å². The van der Waals surface area contributed by atoms with Crippen LogP contribution >= 0.6 is 0 Å². The van der Waals surface area contributed by atoms with Gasteiger partial charge in [-0.1, -0.05) is 25.2 Å². The van der Waals surface area contributed by atoms with Crippen molar-refractivity contribution in [2.24, 2.45) is 22.7 Å². The minimum atomic E-state index is -0.123. The van der Waals surface area contributed by atoms with Crippen LogP contribution in [-0.4, -0.2) is 31.4 Å². The fourth-order valence-corrected chi connectivity index (χ4v) is 4.07. The maximum Gasteiger partial charge on any atom is 0.309 e. The lowest BCUT2D eigenvalue weighted by Gasteiger charge is -2.30. The molecule has 4 nitrogen and oxygen atoms in total. The Morgan fingerprint density at radius 3 is 2.88 bits per heavy atom. The van der Waals surface area contributed by atoms with Crippen molar-refractivity contribution in [2.75, 3.05) is 13.7 Å². The van der Waals surface area contributed by atoms with Crippen molar-refractivity contribution in [2.45, 2.75) is 51.5 Å². The van der Waals surface area contributed by atoms with Crippen LogP contribution in [0.2, 0.25) is 0 Å². The van der Waals surface area contributed by atoms with E-state index in [2.05, 4.69) is 24.3 Å². The zero-order chi connectivity index (χ0) is 17.6. The summed E-state index contributed by atoms with van der Waals surface area (Å²) in [5.41, 5.74) is 1.19. The Morgan fingerprint density at radius 1 is 1.32 bits per heavy atom. The number of nitrogens with zero attached hydrogens (tertiary/aromatic N) is 1. The molecule has 0 bridgehead atoms. The third-order valence-corrected chi connectivity index (χ3v) is 5.64. The molecular formula is C21H29NO3. The Labute approximate surface area is 150 Å². The van der Waals surface area contributed by atoms with Gasteiger partial charge in [0, 0.05) is 0 Å². The summed E-state index contributed by atoms with van der Waals surface area (Å²) in [5, 5.41) is 0. The van der Waals surface area contributed by atoms with Crippen molar-refractivity contribution in [3.05, 3.63) is 36.1 Å². The molecular weight excluding hydrogens is 314 g/mol. The van der Waals surface area contributed by atoms with Gasteiger partial charge in [0.15, 0.2) is 0 Å². The maximum absolute atomic E-state index is 11.8. The zero-order valence-electron chi connectivity index (χ0n) is 15.3. The van der Waals surface area contributed by atoms with E-state index in [1.54, 1.807) is 0 Å². The number of esters is 1. The summed E-state index contributed by atoms with van der Waals surface area (Å²) < 4.78 is 10.9. The molecule has 4 atom stereocenters. The van der Waals surface area contributed by atoms with Crippen molar-refractivity contribution in [3.8, 4) is 0 Å². The van der Waals surface area contributed by atoms with E-state index in [1.165, 1.54) is 25.7 Å². The van der Waals surface area contributed by atoms with Gasteiger partial charge in [0.2, 0.25) is 0 Å². The molecule has 2 aliphatic carbocycles. The highest BCUT2D eigenvalue weighted by atomic mass is 16.5. The second-order valence-corrected chi connectivity index (χ2v) is 7.20.